The molecular weight excluding hydrogens is 203 g/mol. The van der Waals surface area contributed by atoms with Crippen molar-refractivity contribution in [1.82, 2.24) is 0 Å². The minimum atomic E-state index is -0.238. The number of carbonyl (C=O) groups excluding carboxylic acids is 1. The van der Waals surface area contributed by atoms with E-state index < -0.39 is 0 Å². The van der Waals surface area contributed by atoms with Gasteiger partial charge >= 0.3 is 0 Å². The van der Waals surface area contributed by atoms with Crippen LogP contribution in [0.3, 0.4) is 0 Å². The van der Waals surface area contributed by atoms with E-state index in [0.717, 1.165) is 36.8 Å². The third kappa shape index (κ3) is 2.31. The highest BCUT2D eigenvalue weighted by molar-refractivity contribution is 5.86. The molecule has 0 bridgehead atoms. The minimum absolute atomic E-state index is 0.0711. The third-order valence-electron chi connectivity index (χ3n) is 3.42. The van der Waals surface area contributed by atoms with E-state index in [0.29, 0.717) is 6.42 Å². The predicted molar refractivity (Wildman–Crippen MR) is 62.0 cm³/mol. The highest BCUT2D eigenvalue weighted by Crippen LogP contribution is 2.31. The Hall–Kier alpha value is -1.18. The van der Waals surface area contributed by atoms with Crippen LogP contribution in [0.4, 0.5) is 4.39 Å². The van der Waals surface area contributed by atoms with Crippen molar-refractivity contribution in [2.45, 2.75) is 44.9 Å². The molecule has 0 spiro atoms. The molecule has 0 aliphatic heterocycles. The number of halogens is 1. The summed E-state index contributed by atoms with van der Waals surface area (Å²) >= 11 is 0. The number of rotatable bonds is 1. The first kappa shape index (κ1) is 11.3. The van der Waals surface area contributed by atoms with Crippen LogP contribution in [-0.2, 0) is 4.79 Å². The average molecular weight is 220 g/mol. The number of benzene rings is 1. The van der Waals surface area contributed by atoms with E-state index in [2.05, 4.69) is 0 Å². The van der Waals surface area contributed by atoms with Gasteiger partial charge in [-0.15, -0.1) is 0 Å². The number of hydrogen-bond donors (Lipinski definition) is 0. The van der Waals surface area contributed by atoms with E-state index >= 15 is 0 Å². The van der Waals surface area contributed by atoms with Crippen LogP contribution in [0.15, 0.2) is 18.2 Å². The van der Waals surface area contributed by atoms with Crippen molar-refractivity contribution in [1.29, 1.82) is 0 Å². The monoisotopic (exact) mass is 220 g/mol. The van der Waals surface area contributed by atoms with Crippen molar-refractivity contribution in [3.63, 3.8) is 0 Å². The van der Waals surface area contributed by atoms with Gasteiger partial charge in [0.2, 0.25) is 0 Å². The predicted octanol–water partition coefficient (Wildman–Crippen LogP) is 3.75. The van der Waals surface area contributed by atoms with E-state index in [1.54, 1.807) is 6.07 Å². The molecule has 2 rings (SSSR count). The fraction of sp³-hybridized carbons (Fsp3) is 0.500. The largest absolute Gasteiger partial charge is 0.299 e. The lowest BCUT2D eigenvalue weighted by molar-refractivity contribution is -0.120. The molecule has 1 atom stereocenters. The minimum Gasteiger partial charge on any atom is -0.299 e. The average Bonchev–Trinajstić information content (AvgIpc) is 2.47. The topological polar surface area (TPSA) is 17.1 Å². The quantitative estimate of drug-likeness (QED) is 0.659. The molecule has 0 N–H and O–H groups in total. The van der Waals surface area contributed by atoms with Crippen LogP contribution >= 0.6 is 0 Å². The molecule has 1 saturated carbocycles. The Kier molecular flexibility index (Phi) is 3.37. The second kappa shape index (κ2) is 4.77. The number of carbonyl (C=O) groups is 1. The number of Topliss-reactive ketones (excluding diaryl/α,β-unsaturated/α-hetero) is 1. The van der Waals surface area contributed by atoms with Crippen molar-refractivity contribution in [2.24, 2.45) is 0 Å². The summed E-state index contributed by atoms with van der Waals surface area (Å²) in [5, 5.41) is 0. The van der Waals surface area contributed by atoms with Crippen LogP contribution in [0.2, 0.25) is 0 Å². The zero-order valence-corrected chi connectivity index (χ0v) is 9.63. The third-order valence-corrected chi connectivity index (χ3v) is 3.42. The van der Waals surface area contributed by atoms with Gasteiger partial charge in [-0.2, -0.15) is 0 Å². The van der Waals surface area contributed by atoms with Crippen LogP contribution in [0.1, 0.15) is 49.1 Å². The Labute approximate surface area is 95.7 Å². The summed E-state index contributed by atoms with van der Waals surface area (Å²) in [7, 11) is 0. The second-order valence-electron chi connectivity index (χ2n) is 4.62. The molecule has 2 heteroatoms. The van der Waals surface area contributed by atoms with Gasteiger partial charge < -0.3 is 0 Å². The summed E-state index contributed by atoms with van der Waals surface area (Å²) in [4.78, 5) is 12.0. The maximum absolute atomic E-state index is 13.2. The van der Waals surface area contributed by atoms with Gasteiger partial charge in [-0.25, -0.2) is 4.39 Å². The van der Waals surface area contributed by atoms with Crippen LogP contribution in [0, 0.1) is 12.7 Å². The van der Waals surface area contributed by atoms with E-state index in [1.165, 1.54) is 12.1 Å². The highest BCUT2D eigenvalue weighted by atomic mass is 19.1. The summed E-state index contributed by atoms with van der Waals surface area (Å²) in [5.74, 6) is -0.0259. The van der Waals surface area contributed by atoms with Crippen LogP contribution in [-0.4, -0.2) is 5.78 Å². The van der Waals surface area contributed by atoms with Crippen LogP contribution in [0.5, 0.6) is 0 Å². The van der Waals surface area contributed by atoms with Gasteiger partial charge in [-0.1, -0.05) is 18.9 Å². The molecule has 1 aromatic carbocycles. The smallest absolute Gasteiger partial charge is 0.140 e. The summed E-state index contributed by atoms with van der Waals surface area (Å²) in [6, 6.07) is 4.76. The van der Waals surface area contributed by atoms with Crippen molar-refractivity contribution >= 4 is 5.78 Å². The number of hydrogen-bond acceptors (Lipinski definition) is 1. The number of ketones is 1. The standard InChI is InChI=1S/C14H17FO/c1-10-7-8-11(15)9-13(10)12-5-3-2-4-6-14(12)16/h7-9,12H,2-6H2,1H3. The molecule has 0 amide bonds. The van der Waals surface area contributed by atoms with Gasteiger partial charge in [0.05, 0.1) is 0 Å². The lowest BCUT2D eigenvalue weighted by atomic mass is 9.88. The molecule has 1 unspecified atom stereocenters. The van der Waals surface area contributed by atoms with Crippen molar-refractivity contribution in [3.05, 3.63) is 35.1 Å². The molecule has 1 nitrogen and oxygen atoms in total. The van der Waals surface area contributed by atoms with Crippen LogP contribution < -0.4 is 0 Å². The van der Waals surface area contributed by atoms with Gasteiger partial charge in [-0.05, 0) is 43.0 Å². The molecule has 1 fully saturated rings. The molecule has 16 heavy (non-hydrogen) atoms. The van der Waals surface area contributed by atoms with E-state index in [-0.39, 0.29) is 17.5 Å². The molecule has 0 saturated heterocycles. The van der Waals surface area contributed by atoms with Crippen molar-refractivity contribution < 1.29 is 9.18 Å². The molecule has 1 aliphatic carbocycles. The van der Waals surface area contributed by atoms with Gasteiger partial charge in [0.1, 0.15) is 11.6 Å². The van der Waals surface area contributed by atoms with E-state index in [9.17, 15) is 9.18 Å². The summed E-state index contributed by atoms with van der Waals surface area (Å²) in [5.41, 5.74) is 1.92. The van der Waals surface area contributed by atoms with Gasteiger partial charge in [-0.3, -0.25) is 4.79 Å². The Morgan fingerprint density at radius 2 is 2.06 bits per heavy atom. The zero-order chi connectivity index (χ0) is 11.5. The Morgan fingerprint density at radius 1 is 1.25 bits per heavy atom. The molecule has 0 aromatic heterocycles. The fourth-order valence-corrected chi connectivity index (χ4v) is 2.48. The van der Waals surface area contributed by atoms with E-state index in [1.807, 2.05) is 6.92 Å². The molecule has 1 aliphatic rings. The lowest BCUT2D eigenvalue weighted by Gasteiger charge is -2.16. The maximum Gasteiger partial charge on any atom is 0.140 e. The first-order valence-electron chi connectivity index (χ1n) is 5.97. The van der Waals surface area contributed by atoms with Crippen molar-refractivity contribution in [2.75, 3.05) is 0 Å². The first-order valence-corrected chi connectivity index (χ1v) is 5.97. The summed E-state index contributed by atoms with van der Waals surface area (Å²) < 4.78 is 13.2. The highest BCUT2D eigenvalue weighted by Gasteiger charge is 2.23. The zero-order valence-electron chi connectivity index (χ0n) is 9.63. The molecular formula is C14H17FO. The molecule has 86 valence electrons. The van der Waals surface area contributed by atoms with Crippen molar-refractivity contribution in [3.8, 4) is 0 Å². The number of aryl methyl sites for hydroxylation is 1. The first-order chi connectivity index (χ1) is 7.68. The normalized spacial score (nSPS) is 21.9. The summed E-state index contributed by atoms with van der Waals surface area (Å²) in [6.45, 7) is 1.95. The Morgan fingerprint density at radius 3 is 2.88 bits per heavy atom. The SMILES string of the molecule is Cc1ccc(F)cc1C1CCCCCC1=O. The maximum atomic E-state index is 13.2. The Bertz CT molecular complexity index is 398. The summed E-state index contributed by atoms with van der Waals surface area (Å²) in [6.07, 6.45) is 4.72. The van der Waals surface area contributed by atoms with E-state index in [4.69, 9.17) is 0 Å². The lowest BCUT2D eigenvalue weighted by Crippen LogP contribution is -2.12. The Balaban J connectivity index is 2.33. The fourth-order valence-electron chi connectivity index (χ4n) is 2.48. The molecule has 1 aromatic rings. The van der Waals surface area contributed by atoms with Gasteiger partial charge in [0.15, 0.2) is 0 Å². The van der Waals surface area contributed by atoms with Gasteiger partial charge in [0.25, 0.3) is 0 Å². The van der Waals surface area contributed by atoms with Crippen LogP contribution in [0.25, 0.3) is 0 Å². The molecule has 0 heterocycles. The second-order valence-corrected chi connectivity index (χ2v) is 4.62. The van der Waals surface area contributed by atoms with Gasteiger partial charge in [0, 0.05) is 12.3 Å². The molecule has 0 radical (unpaired) electrons.